The molecule has 0 N–H and O–H groups in total. The van der Waals surface area contributed by atoms with Crippen molar-refractivity contribution >= 4 is 51.4 Å². The zero-order valence-corrected chi connectivity index (χ0v) is 8.16. The molecular weight excluding hydrogens is 419 g/mol. The van der Waals surface area contributed by atoms with E-state index in [4.69, 9.17) is 0 Å². The average Bonchev–Trinajstić information content (AvgIpc) is 0. The van der Waals surface area contributed by atoms with Crippen LogP contribution in [0.3, 0.4) is 0 Å². The number of hydrogen-bond acceptors (Lipinski definition) is 0. The molecule has 0 heterocycles. The Hall–Kier alpha value is 0.236. The molecule has 0 aromatic carbocycles. The molecule has 0 atom stereocenters. The summed E-state index contributed by atoms with van der Waals surface area (Å²) in [4.78, 5) is 0. The molecule has 0 spiro atoms. The summed E-state index contributed by atoms with van der Waals surface area (Å²) in [5, 5.41) is 0. The van der Waals surface area contributed by atoms with E-state index in [0.29, 0.717) is 0 Å². The third-order valence-corrected chi connectivity index (χ3v) is 0. The van der Waals surface area contributed by atoms with E-state index in [2.05, 4.69) is 0 Å². The minimum absolute atomic E-state index is 0. The fourth-order valence-electron chi connectivity index (χ4n) is 0. The zero-order chi connectivity index (χ0) is 0. The van der Waals surface area contributed by atoms with E-state index in [1.807, 2.05) is 0 Å². The molecule has 0 aliphatic carbocycles. The molecule has 0 amide bonds. The van der Waals surface area contributed by atoms with Crippen LogP contribution in [0.2, 0.25) is 0 Å². The average molecular weight is 440 g/mol. The van der Waals surface area contributed by atoms with E-state index >= 15 is 0 Å². The third-order valence-electron chi connectivity index (χ3n) is 0. The Kier molecular flexibility index (Phi) is 994000000. The normalized spacial score (nSPS) is 0. The van der Waals surface area contributed by atoms with E-state index in [0.717, 1.165) is 0 Å². The van der Waals surface area contributed by atoms with E-state index in [1.165, 1.54) is 0 Å². The van der Waals surface area contributed by atoms with Crippen LogP contribution in [-0.2, 0) is 0 Å². The first-order chi connectivity index (χ1) is 0. The van der Waals surface area contributed by atoms with Gasteiger partial charge in [0.15, 0.2) is 0 Å². The second-order valence-corrected chi connectivity index (χ2v) is 0. The van der Waals surface area contributed by atoms with Gasteiger partial charge in [-0.15, -0.1) is 0 Å². The van der Waals surface area contributed by atoms with Crippen molar-refractivity contribution in [2.24, 2.45) is 0 Å². The molecule has 0 bridgehead atoms. The molecule has 0 rings (SSSR count). The van der Waals surface area contributed by atoms with Gasteiger partial charge in [-0.3, -0.25) is 94.1 Å². The summed E-state index contributed by atoms with van der Waals surface area (Å²) in [7, 11) is 0. The molecule has 21 heavy (non-hydrogen) atoms. The monoisotopic (exact) mass is 440 g/mol. The van der Waals surface area contributed by atoms with Crippen molar-refractivity contribution < 1.29 is 94.1 Å². The van der Waals surface area contributed by atoms with E-state index < -0.39 is 0 Å². The Morgan fingerprint density at radius 2 is 0.0952 bits per heavy atom. The van der Waals surface area contributed by atoms with Gasteiger partial charge in [-0.05, 0) is 0 Å². The van der Waals surface area contributed by atoms with Crippen LogP contribution in [-0.4, -0.2) is 51.4 Å². The standard InChI is InChI=1S/20FH.K.H/h20*1H;;. The van der Waals surface area contributed by atoms with Crippen LogP contribution in [0.4, 0.5) is 94.1 Å². The molecule has 21 heteroatoms. The Labute approximate surface area is 145 Å². The van der Waals surface area contributed by atoms with Crippen LogP contribution in [0.15, 0.2) is 0 Å². The summed E-state index contributed by atoms with van der Waals surface area (Å²) in [6, 6.07) is 0. The van der Waals surface area contributed by atoms with Gasteiger partial charge in [-0.2, -0.15) is 0 Å². The Balaban J connectivity index is 0. The second kappa shape index (κ2) is 134000. The predicted octanol–water partition coefficient (Wildman–Crippen LogP) is 2.40. The van der Waals surface area contributed by atoms with Crippen molar-refractivity contribution in [2.45, 2.75) is 0 Å². The van der Waals surface area contributed by atoms with Crippen molar-refractivity contribution in [2.75, 3.05) is 0 Å². The molecule has 0 radical (unpaired) electrons. The van der Waals surface area contributed by atoms with Crippen LogP contribution in [0.1, 0.15) is 0 Å². The van der Waals surface area contributed by atoms with Crippen molar-refractivity contribution in [1.82, 2.24) is 0 Å². The molecule has 0 fully saturated rings. The molecule has 0 saturated carbocycles. The minimum atomic E-state index is 0. The molecule has 0 aromatic heterocycles. The summed E-state index contributed by atoms with van der Waals surface area (Å²) < 4.78 is 0. The van der Waals surface area contributed by atoms with Gasteiger partial charge in [0.2, 0.25) is 0 Å². The summed E-state index contributed by atoms with van der Waals surface area (Å²) >= 11 is 0. The Morgan fingerprint density at radius 1 is 0.0952 bits per heavy atom. The van der Waals surface area contributed by atoms with Gasteiger partial charge in [0.05, 0.1) is 0 Å². The molecule has 0 aromatic rings. The van der Waals surface area contributed by atoms with E-state index in [9.17, 15) is 0 Å². The third kappa shape index (κ3) is 120000. The van der Waals surface area contributed by atoms with Gasteiger partial charge in [0.1, 0.15) is 0 Å². The van der Waals surface area contributed by atoms with Crippen LogP contribution in [0, 0.1) is 0 Å². The molecule has 0 saturated heterocycles. The van der Waals surface area contributed by atoms with Crippen LogP contribution >= 0.6 is 0 Å². The molecule has 0 nitrogen and oxygen atoms in total. The fraction of sp³-hybridized carbons (Fsp3) is 0. The number of halogens is 20. The maximum absolute atomic E-state index is 0. The van der Waals surface area contributed by atoms with Crippen LogP contribution < -0.4 is 0 Å². The first-order valence-electron chi connectivity index (χ1n) is 0. The molecule has 0 unspecified atom stereocenters. The zero-order valence-electron chi connectivity index (χ0n) is 8.16. The second-order valence-electron chi connectivity index (χ2n) is 0. The Morgan fingerprint density at radius 3 is 0.0952 bits per heavy atom. The quantitative estimate of drug-likeness (QED) is 0.401. The number of hydrogen-bond donors (Lipinski definition) is 0. The topological polar surface area (TPSA) is 0 Å². The van der Waals surface area contributed by atoms with Gasteiger partial charge in [0.25, 0.3) is 0 Å². The van der Waals surface area contributed by atoms with Crippen molar-refractivity contribution in [3.05, 3.63) is 0 Å². The SMILES string of the molecule is F.F.F.F.F.F.F.F.F.F.F.F.F.F.F.F.F.F.F.F.[KH]. The van der Waals surface area contributed by atoms with Crippen molar-refractivity contribution in [1.29, 1.82) is 0 Å². The fourth-order valence-corrected chi connectivity index (χ4v) is 0. The summed E-state index contributed by atoms with van der Waals surface area (Å²) in [5.74, 6) is 0. The summed E-state index contributed by atoms with van der Waals surface area (Å²) in [5.41, 5.74) is 0. The number of rotatable bonds is 0. The van der Waals surface area contributed by atoms with Gasteiger partial charge in [0, 0.05) is 0 Å². The van der Waals surface area contributed by atoms with Crippen molar-refractivity contribution in [3.63, 3.8) is 0 Å². The molecule has 0 aliphatic heterocycles. The van der Waals surface area contributed by atoms with E-state index in [-0.39, 0.29) is 145 Å². The van der Waals surface area contributed by atoms with Gasteiger partial charge < -0.3 is 0 Å². The summed E-state index contributed by atoms with van der Waals surface area (Å²) in [6.45, 7) is 0. The van der Waals surface area contributed by atoms with E-state index in [1.54, 1.807) is 0 Å². The molecular formula is H21F20K. The predicted molar refractivity (Wildman–Crippen MR) is 57.2 cm³/mol. The van der Waals surface area contributed by atoms with Crippen LogP contribution in [0.25, 0.3) is 0 Å². The van der Waals surface area contributed by atoms with Gasteiger partial charge in [-0.25, -0.2) is 0 Å². The molecule has 162 valence electrons. The first-order valence-corrected chi connectivity index (χ1v) is 0. The van der Waals surface area contributed by atoms with Crippen LogP contribution in [0.5, 0.6) is 0 Å². The summed E-state index contributed by atoms with van der Waals surface area (Å²) in [6.07, 6.45) is 0. The molecule has 0 aliphatic rings. The first kappa shape index (κ1) is 156000. The Bertz CT molecular complexity index is 5.80. The van der Waals surface area contributed by atoms with Gasteiger partial charge >= 0.3 is 51.4 Å². The van der Waals surface area contributed by atoms with Crippen molar-refractivity contribution in [3.8, 4) is 0 Å². The van der Waals surface area contributed by atoms with Gasteiger partial charge in [-0.1, -0.05) is 0 Å². The maximum atomic E-state index is 0.